The molecule has 3 nitrogen and oxygen atoms in total. The Morgan fingerprint density at radius 3 is 2.00 bits per heavy atom. The second-order valence-corrected chi connectivity index (χ2v) is 4.29. The first-order valence-corrected chi connectivity index (χ1v) is 5.98. The topological polar surface area (TPSA) is 44.5 Å². The van der Waals surface area contributed by atoms with E-state index in [-0.39, 0.29) is 0 Å². The van der Waals surface area contributed by atoms with E-state index >= 15 is 0 Å². The van der Waals surface area contributed by atoms with Crippen LogP contribution < -0.4 is 15.2 Å². The summed E-state index contributed by atoms with van der Waals surface area (Å²) in [7, 11) is 3.04. The van der Waals surface area contributed by atoms with Gasteiger partial charge in [-0.25, -0.2) is 8.78 Å². The Bertz CT molecular complexity index is 597. The summed E-state index contributed by atoms with van der Waals surface area (Å²) in [5.74, 6) is -0.238. The molecule has 0 aliphatic heterocycles. The van der Waals surface area contributed by atoms with Gasteiger partial charge in [-0.1, -0.05) is 6.07 Å². The molecule has 5 heteroatoms. The molecule has 1 atom stereocenters. The Balaban J connectivity index is 2.39. The second-order valence-electron chi connectivity index (χ2n) is 4.29. The van der Waals surface area contributed by atoms with Gasteiger partial charge in [-0.05, 0) is 35.4 Å². The molecule has 2 aromatic rings. The highest BCUT2D eigenvalue weighted by Crippen LogP contribution is 2.31. The maximum absolute atomic E-state index is 13.2. The van der Waals surface area contributed by atoms with Gasteiger partial charge in [-0.3, -0.25) is 0 Å². The first-order chi connectivity index (χ1) is 9.55. The lowest BCUT2D eigenvalue weighted by Gasteiger charge is -2.15. The second kappa shape index (κ2) is 5.88. The first kappa shape index (κ1) is 14.3. The fraction of sp³-hybridized carbons (Fsp3) is 0.200. The molecular formula is C15H15F2NO2. The van der Waals surface area contributed by atoms with Crippen molar-refractivity contribution in [3.63, 3.8) is 0 Å². The van der Waals surface area contributed by atoms with E-state index in [0.717, 1.165) is 6.07 Å². The highest BCUT2D eigenvalue weighted by atomic mass is 19.1. The molecule has 0 bridgehead atoms. The Kier molecular flexibility index (Phi) is 4.20. The van der Waals surface area contributed by atoms with Crippen LogP contribution in [-0.4, -0.2) is 14.2 Å². The summed E-state index contributed by atoms with van der Waals surface area (Å²) in [6.07, 6.45) is 0. The molecule has 2 N–H and O–H groups in total. The van der Waals surface area contributed by atoms with E-state index in [9.17, 15) is 8.78 Å². The Hall–Kier alpha value is -2.14. The molecule has 0 saturated heterocycles. The van der Waals surface area contributed by atoms with Crippen molar-refractivity contribution in [2.45, 2.75) is 6.04 Å². The van der Waals surface area contributed by atoms with Crippen molar-refractivity contribution in [3.8, 4) is 11.5 Å². The van der Waals surface area contributed by atoms with Crippen LogP contribution in [-0.2, 0) is 0 Å². The SMILES string of the molecule is COc1ccc(C(N)c2cc(F)cc(F)c2)cc1OC. The number of benzene rings is 2. The van der Waals surface area contributed by atoms with Crippen LogP contribution in [0.4, 0.5) is 8.78 Å². The first-order valence-electron chi connectivity index (χ1n) is 5.98. The number of hydrogen-bond acceptors (Lipinski definition) is 3. The third-order valence-electron chi connectivity index (χ3n) is 3.01. The molecule has 0 heterocycles. The quantitative estimate of drug-likeness (QED) is 0.935. The van der Waals surface area contributed by atoms with E-state index in [0.29, 0.717) is 22.6 Å². The van der Waals surface area contributed by atoms with Crippen LogP contribution in [0.2, 0.25) is 0 Å². The lowest BCUT2D eigenvalue weighted by atomic mass is 9.99. The van der Waals surface area contributed by atoms with Crippen molar-refractivity contribution < 1.29 is 18.3 Å². The number of nitrogens with two attached hydrogens (primary N) is 1. The molecule has 0 aliphatic rings. The third-order valence-corrected chi connectivity index (χ3v) is 3.01. The van der Waals surface area contributed by atoms with Gasteiger partial charge in [-0.2, -0.15) is 0 Å². The number of methoxy groups -OCH3 is 2. The van der Waals surface area contributed by atoms with E-state index in [1.807, 2.05) is 0 Å². The average Bonchev–Trinajstić information content (AvgIpc) is 2.44. The van der Waals surface area contributed by atoms with Gasteiger partial charge in [-0.15, -0.1) is 0 Å². The molecule has 0 spiro atoms. The van der Waals surface area contributed by atoms with Crippen LogP contribution in [0.3, 0.4) is 0 Å². The third kappa shape index (κ3) is 2.88. The molecule has 0 aromatic heterocycles. The van der Waals surface area contributed by atoms with Gasteiger partial charge < -0.3 is 15.2 Å². The maximum atomic E-state index is 13.2. The maximum Gasteiger partial charge on any atom is 0.161 e. The molecule has 0 radical (unpaired) electrons. The fourth-order valence-electron chi connectivity index (χ4n) is 1.99. The number of hydrogen-bond donors (Lipinski definition) is 1. The highest BCUT2D eigenvalue weighted by molar-refractivity contribution is 5.45. The van der Waals surface area contributed by atoms with Gasteiger partial charge in [0.1, 0.15) is 11.6 Å². The van der Waals surface area contributed by atoms with Crippen LogP contribution in [0.5, 0.6) is 11.5 Å². The monoisotopic (exact) mass is 279 g/mol. The molecule has 1 unspecified atom stereocenters. The zero-order chi connectivity index (χ0) is 14.7. The molecule has 0 aliphatic carbocycles. The van der Waals surface area contributed by atoms with Gasteiger partial charge in [0.2, 0.25) is 0 Å². The summed E-state index contributed by atoms with van der Waals surface area (Å²) in [6.45, 7) is 0. The van der Waals surface area contributed by atoms with Crippen molar-refractivity contribution in [1.29, 1.82) is 0 Å². The van der Waals surface area contributed by atoms with Crippen LogP contribution in [0, 0.1) is 11.6 Å². The van der Waals surface area contributed by atoms with E-state index in [4.69, 9.17) is 15.2 Å². The number of rotatable bonds is 4. The van der Waals surface area contributed by atoms with Crippen molar-refractivity contribution in [2.75, 3.05) is 14.2 Å². The Morgan fingerprint density at radius 2 is 1.45 bits per heavy atom. The van der Waals surface area contributed by atoms with Crippen molar-refractivity contribution in [2.24, 2.45) is 5.73 Å². The van der Waals surface area contributed by atoms with E-state index < -0.39 is 17.7 Å². The van der Waals surface area contributed by atoms with Gasteiger partial charge in [0.25, 0.3) is 0 Å². The smallest absolute Gasteiger partial charge is 0.161 e. The van der Waals surface area contributed by atoms with E-state index in [1.54, 1.807) is 18.2 Å². The minimum Gasteiger partial charge on any atom is -0.493 e. The Labute approximate surface area is 115 Å². The van der Waals surface area contributed by atoms with Crippen LogP contribution >= 0.6 is 0 Å². The van der Waals surface area contributed by atoms with E-state index in [2.05, 4.69) is 0 Å². The normalized spacial score (nSPS) is 12.1. The zero-order valence-corrected chi connectivity index (χ0v) is 11.2. The molecule has 106 valence electrons. The van der Waals surface area contributed by atoms with E-state index in [1.165, 1.54) is 26.4 Å². The summed E-state index contributed by atoms with van der Waals surface area (Å²) in [4.78, 5) is 0. The molecule has 2 rings (SSSR count). The summed E-state index contributed by atoms with van der Waals surface area (Å²) >= 11 is 0. The number of halogens is 2. The molecular weight excluding hydrogens is 264 g/mol. The molecule has 2 aromatic carbocycles. The van der Waals surface area contributed by atoms with Crippen molar-refractivity contribution >= 4 is 0 Å². The average molecular weight is 279 g/mol. The van der Waals surface area contributed by atoms with Gasteiger partial charge in [0.15, 0.2) is 11.5 Å². The predicted molar refractivity (Wildman–Crippen MR) is 71.9 cm³/mol. The standard InChI is InChI=1S/C15H15F2NO2/c1-19-13-4-3-9(7-14(13)20-2)15(18)10-5-11(16)8-12(17)6-10/h3-8,15H,18H2,1-2H3. The van der Waals surface area contributed by atoms with Crippen LogP contribution in [0.15, 0.2) is 36.4 Å². The van der Waals surface area contributed by atoms with Crippen molar-refractivity contribution in [3.05, 3.63) is 59.2 Å². The lowest BCUT2D eigenvalue weighted by Crippen LogP contribution is -2.12. The van der Waals surface area contributed by atoms with Crippen LogP contribution in [0.1, 0.15) is 17.2 Å². The van der Waals surface area contributed by atoms with Crippen LogP contribution in [0.25, 0.3) is 0 Å². The Morgan fingerprint density at radius 1 is 0.850 bits per heavy atom. The highest BCUT2D eigenvalue weighted by Gasteiger charge is 2.14. The lowest BCUT2D eigenvalue weighted by molar-refractivity contribution is 0.354. The number of ether oxygens (including phenoxy) is 2. The minimum atomic E-state index is -0.657. The van der Waals surface area contributed by atoms with Gasteiger partial charge in [0, 0.05) is 6.07 Å². The molecule has 0 fully saturated rings. The largest absolute Gasteiger partial charge is 0.493 e. The minimum absolute atomic E-state index is 0.356. The molecule has 0 amide bonds. The summed E-state index contributed by atoms with van der Waals surface area (Å²) in [5, 5.41) is 0. The summed E-state index contributed by atoms with van der Waals surface area (Å²) in [6, 6.07) is 7.70. The molecule has 20 heavy (non-hydrogen) atoms. The van der Waals surface area contributed by atoms with Gasteiger partial charge in [0.05, 0.1) is 20.3 Å². The zero-order valence-electron chi connectivity index (χ0n) is 11.2. The summed E-state index contributed by atoms with van der Waals surface area (Å²) in [5.41, 5.74) is 7.07. The predicted octanol–water partition coefficient (Wildman–Crippen LogP) is 3.03. The van der Waals surface area contributed by atoms with Gasteiger partial charge >= 0.3 is 0 Å². The fourth-order valence-corrected chi connectivity index (χ4v) is 1.99. The van der Waals surface area contributed by atoms with Crippen molar-refractivity contribution in [1.82, 2.24) is 0 Å². The summed E-state index contributed by atoms with van der Waals surface area (Å²) < 4.78 is 36.8. The molecule has 0 saturated carbocycles.